The summed E-state index contributed by atoms with van der Waals surface area (Å²) in [6, 6.07) is 9.74. The van der Waals surface area contributed by atoms with Crippen molar-refractivity contribution in [3.8, 4) is 11.6 Å². The molecule has 0 aliphatic rings. The number of nitrogens with zero attached hydrogens (tertiary/aromatic N) is 5. The molecule has 3 rings (SSSR count). The average molecular weight is 435 g/mol. The van der Waals surface area contributed by atoms with Gasteiger partial charge in [-0.1, -0.05) is 11.2 Å². The van der Waals surface area contributed by atoms with Gasteiger partial charge in [-0.05, 0) is 40.2 Å². The third-order valence-corrected chi connectivity index (χ3v) is 5.19. The summed E-state index contributed by atoms with van der Waals surface area (Å²) < 4.78 is 6.40. The van der Waals surface area contributed by atoms with E-state index in [-0.39, 0.29) is 0 Å². The zero-order valence-corrected chi connectivity index (χ0v) is 16.9. The lowest BCUT2D eigenvalue weighted by atomic mass is 10.3. The van der Waals surface area contributed by atoms with Crippen LogP contribution in [0.4, 0.5) is 0 Å². The first-order valence-electron chi connectivity index (χ1n) is 8.05. The Morgan fingerprint density at radius 1 is 1.35 bits per heavy atom. The molecule has 0 saturated carbocycles. The van der Waals surface area contributed by atoms with Gasteiger partial charge in [-0.15, -0.1) is 11.3 Å². The molecule has 136 valence electrons. The van der Waals surface area contributed by atoms with Gasteiger partial charge in [0.15, 0.2) is 11.8 Å². The summed E-state index contributed by atoms with van der Waals surface area (Å²) in [6.45, 7) is 1.45. The van der Waals surface area contributed by atoms with Crippen molar-refractivity contribution >= 4 is 33.2 Å². The Kier molecular flexibility index (Phi) is 6.35. The van der Waals surface area contributed by atoms with Crippen molar-refractivity contribution in [3.63, 3.8) is 0 Å². The first-order chi connectivity index (χ1) is 12.7. The molecule has 1 N–H and O–H groups in total. The van der Waals surface area contributed by atoms with Gasteiger partial charge in [0.25, 0.3) is 5.89 Å². The van der Waals surface area contributed by atoms with E-state index in [1.54, 1.807) is 24.6 Å². The van der Waals surface area contributed by atoms with E-state index < -0.39 is 0 Å². The SMILES string of the molecule is CN=C(NCCc1noc(-c2ccccn2)n1)N(C)Cc1ccc(Br)s1. The fraction of sp³-hybridized carbons (Fsp3) is 0.294. The molecular weight excluding hydrogens is 416 g/mol. The summed E-state index contributed by atoms with van der Waals surface area (Å²) in [5, 5.41) is 7.33. The highest BCUT2D eigenvalue weighted by atomic mass is 79.9. The van der Waals surface area contributed by atoms with E-state index in [1.165, 1.54) is 4.88 Å². The van der Waals surface area contributed by atoms with Gasteiger partial charge in [-0.3, -0.25) is 9.98 Å². The topological polar surface area (TPSA) is 79.4 Å². The van der Waals surface area contributed by atoms with Crippen LogP contribution in [-0.2, 0) is 13.0 Å². The van der Waals surface area contributed by atoms with Gasteiger partial charge in [0.2, 0.25) is 0 Å². The molecule has 0 aliphatic heterocycles. The number of nitrogens with one attached hydrogen (secondary N) is 1. The largest absolute Gasteiger partial charge is 0.356 e. The summed E-state index contributed by atoms with van der Waals surface area (Å²) >= 11 is 5.21. The summed E-state index contributed by atoms with van der Waals surface area (Å²) in [7, 11) is 3.78. The summed E-state index contributed by atoms with van der Waals surface area (Å²) in [5.41, 5.74) is 0.678. The van der Waals surface area contributed by atoms with Crippen molar-refractivity contribution in [3.05, 3.63) is 51.0 Å². The molecule has 3 aromatic heterocycles. The van der Waals surface area contributed by atoms with Crippen LogP contribution in [-0.4, -0.2) is 46.6 Å². The fourth-order valence-corrected chi connectivity index (χ4v) is 3.90. The van der Waals surface area contributed by atoms with Gasteiger partial charge in [-0.25, -0.2) is 0 Å². The standard InChI is InChI=1S/C17H19BrN6OS/c1-19-17(24(2)11-12-6-7-14(18)26-12)21-10-8-15-22-16(25-23-15)13-5-3-4-9-20-13/h3-7,9H,8,10-11H2,1-2H3,(H,19,21). The van der Waals surface area contributed by atoms with Crippen LogP contribution in [0.2, 0.25) is 0 Å². The van der Waals surface area contributed by atoms with Crippen LogP contribution in [0.15, 0.2) is 49.8 Å². The summed E-state index contributed by atoms with van der Waals surface area (Å²) in [6.07, 6.45) is 2.33. The van der Waals surface area contributed by atoms with E-state index in [1.807, 2.05) is 25.2 Å². The fourth-order valence-electron chi connectivity index (χ4n) is 2.37. The number of aliphatic imine (C=N–C) groups is 1. The third kappa shape index (κ3) is 4.89. The smallest absolute Gasteiger partial charge is 0.276 e. The molecule has 0 aromatic carbocycles. The number of pyridine rings is 1. The van der Waals surface area contributed by atoms with Crippen LogP contribution in [0, 0.1) is 0 Å². The Morgan fingerprint density at radius 2 is 2.23 bits per heavy atom. The molecule has 3 aromatic rings. The molecule has 3 heterocycles. The van der Waals surface area contributed by atoms with E-state index in [0.717, 1.165) is 16.3 Å². The van der Waals surface area contributed by atoms with Crippen molar-refractivity contribution in [2.75, 3.05) is 20.6 Å². The molecule has 0 aliphatic carbocycles. The normalized spacial score (nSPS) is 11.6. The second-order valence-electron chi connectivity index (χ2n) is 5.52. The van der Waals surface area contributed by atoms with E-state index in [9.17, 15) is 0 Å². The maximum absolute atomic E-state index is 5.27. The van der Waals surface area contributed by atoms with Gasteiger partial charge in [-0.2, -0.15) is 4.98 Å². The van der Waals surface area contributed by atoms with Crippen LogP contribution in [0.5, 0.6) is 0 Å². The van der Waals surface area contributed by atoms with Gasteiger partial charge in [0, 0.05) is 38.1 Å². The minimum Gasteiger partial charge on any atom is -0.356 e. The van der Waals surface area contributed by atoms with Crippen LogP contribution < -0.4 is 5.32 Å². The molecule has 0 unspecified atom stereocenters. The summed E-state index contributed by atoms with van der Waals surface area (Å²) in [5.74, 6) is 1.90. The van der Waals surface area contributed by atoms with Gasteiger partial charge < -0.3 is 14.7 Å². The lowest BCUT2D eigenvalue weighted by molar-refractivity contribution is 0.420. The number of hydrogen-bond donors (Lipinski definition) is 1. The van der Waals surface area contributed by atoms with E-state index in [0.29, 0.717) is 30.4 Å². The van der Waals surface area contributed by atoms with Gasteiger partial charge >= 0.3 is 0 Å². The Bertz CT molecular complexity index is 863. The molecule has 0 fully saturated rings. The number of halogens is 1. The first kappa shape index (κ1) is 18.5. The zero-order valence-electron chi connectivity index (χ0n) is 14.5. The Balaban J connectivity index is 1.51. The van der Waals surface area contributed by atoms with E-state index in [2.05, 4.69) is 58.4 Å². The second kappa shape index (κ2) is 8.91. The highest BCUT2D eigenvalue weighted by Crippen LogP contribution is 2.23. The monoisotopic (exact) mass is 434 g/mol. The lowest BCUT2D eigenvalue weighted by Crippen LogP contribution is -2.39. The average Bonchev–Trinajstić information content (AvgIpc) is 3.28. The zero-order chi connectivity index (χ0) is 18.4. The number of aromatic nitrogens is 3. The van der Waals surface area contributed by atoms with Gasteiger partial charge in [0.05, 0.1) is 10.3 Å². The van der Waals surface area contributed by atoms with Crippen molar-refractivity contribution in [1.29, 1.82) is 0 Å². The van der Waals surface area contributed by atoms with Crippen molar-refractivity contribution < 1.29 is 4.52 Å². The highest BCUT2D eigenvalue weighted by molar-refractivity contribution is 9.11. The van der Waals surface area contributed by atoms with E-state index in [4.69, 9.17) is 4.52 Å². The molecule has 7 nitrogen and oxygen atoms in total. The maximum atomic E-state index is 5.27. The van der Waals surface area contributed by atoms with Crippen molar-refractivity contribution in [2.45, 2.75) is 13.0 Å². The predicted molar refractivity (Wildman–Crippen MR) is 106 cm³/mol. The Labute approximate surface area is 164 Å². The lowest BCUT2D eigenvalue weighted by Gasteiger charge is -2.21. The predicted octanol–water partition coefficient (Wildman–Crippen LogP) is 3.21. The minimum absolute atomic E-state index is 0.436. The number of guanidine groups is 1. The molecule has 26 heavy (non-hydrogen) atoms. The third-order valence-electron chi connectivity index (χ3n) is 3.58. The highest BCUT2D eigenvalue weighted by Gasteiger charge is 2.11. The molecule has 0 atom stereocenters. The van der Waals surface area contributed by atoms with Crippen molar-refractivity contribution in [2.24, 2.45) is 4.99 Å². The van der Waals surface area contributed by atoms with Crippen LogP contribution in [0.3, 0.4) is 0 Å². The van der Waals surface area contributed by atoms with Crippen molar-refractivity contribution in [1.82, 2.24) is 25.3 Å². The quantitative estimate of drug-likeness (QED) is 0.473. The molecule has 0 radical (unpaired) electrons. The molecule has 0 saturated heterocycles. The van der Waals surface area contributed by atoms with Crippen LogP contribution in [0.25, 0.3) is 11.6 Å². The number of thiophene rings is 1. The first-order valence-corrected chi connectivity index (χ1v) is 9.66. The van der Waals surface area contributed by atoms with Crippen LogP contribution >= 0.6 is 27.3 Å². The molecular formula is C17H19BrN6OS. The Morgan fingerprint density at radius 3 is 2.92 bits per heavy atom. The molecule has 0 bridgehead atoms. The van der Waals surface area contributed by atoms with E-state index >= 15 is 0 Å². The minimum atomic E-state index is 0.436. The molecule has 9 heteroatoms. The molecule has 0 amide bonds. The maximum Gasteiger partial charge on any atom is 0.276 e. The Hall–Kier alpha value is -2.26. The van der Waals surface area contributed by atoms with Crippen LogP contribution in [0.1, 0.15) is 10.7 Å². The molecule has 0 spiro atoms. The van der Waals surface area contributed by atoms with Gasteiger partial charge in [0.1, 0.15) is 5.69 Å². The summed E-state index contributed by atoms with van der Waals surface area (Å²) in [4.78, 5) is 16.3. The second-order valence-corrected chi connectivity index (χ2v) is 8.06. The number of hydrogen-bond acceptors (Lipinski definition) is 6. The number of rotatable bonds is 6.